The van der Waals surface area contributed by atoms with Crippen molar-refractivity contribution in [1.82, 2.24) is 4.90 Å². The second-order valence-corrected chi connectivity index (χ2v) is 6.87. The Hall–Kier alpha value is -2.54. The molecule has 1 heterocycles. The molecule has 0 aromatic heterocycles. The van der Waals surface area contributed by atoms with Crippen LogP contribution in [0.25, 0.3) is 0 Å². The Morgan fingerprint density at radius 3 is 2.31 bits per heavy atom. The van der Waals surface area contributed by atoms with E-state index < -0.39 is 17.5 Å². The van der Waals surface area contributed by atoms with E-state index in [1.165, 1.54) is 7.05 Å². The highest BCUT2D eigenvalue weighted by atomic mass is 19.2. The summed E-state index contributed by atoms with van der Waals surface area (Å²) in [6.07, 6.45) is 2.27. The summed E-state index contributed by atoms with van der Waals surface area (Å²) in [5.74, 6) is -2.59. The Kier molecular flexibility index (Phi) is 8.99. The predicted octanol–water partition coefficient (Wildman–Crippen LogP) is 4.66. The van der Waals surface area contributed by atoms with E-state index >= 15 is 0 Å². The van der Waals surface area contributed by atoms with Crippen molar-refractivity contribution in [2.75, 3.05) is 20.1 Å². The number of hydrogen-bond donors (Lipinski definition) is 1. The van der Waals surface area contributed by atoms with Crippen LogP contribution >= 0.6 is 0 Å². The van der Waals surface area contributed by atoms with E-state index in [1.54, 1.807) is 4.90 Å². The summed E-state index contributed by atoms with van der Waals surface area (Å²) in [6, 6.07) is 11.0. The molecule has 7 heteroatoms. The van der Waals surface area contributed by atoms with Gasteiger partial charge in [0.2, 0.25) is 0 Å². The van der Waals surface area contributed by atoms with Crippen molar-refractivity contribution < 1.29 is 22.7 Å². The van der Waals surface area contributed by atoms with Crippen molar-refractivity contribution >= 4 is 6.09 Å². The first kappa shape index (κ1) is 22.7. The van der Waals surface area contributed by atoms with E-state index in [1.807, 2.05) is 30.3 Å². The van der Waals surface area contributed by atoms with Crippen molar-refractivity contribution in [2.45, 2.75) is 32.3 Å². The molecule has 2 aromatic rings. The van der Waals surface area contributed by atoms with Gasteiger partial charge in [0.25, 0.3) is 0 Å². The molecular formula is C22H27F3N2O2. The van der Waals surface area contributed by atoms with Crippen LogP contribution in [0.2, 0.25) is 0 Å². The van der Waals surface area contributed by atoms with Crippen molar-refractivity contribution in [3.05, 3.63) is 71.0 Å². The van der Waals surface area contributed by atoms with Crippen molar-refractivity contribution in [3.8, 4) is 0 Å². The Labute approximate surface area is 169 Å². The van der Waals surface area contributed by atoms with Crippen molar-refractivity contribution in [1.29, 1.82) is 0 Å². The molecule has 4 nitrogen and oxygen atoms in total. The standard InChI is InChI=1S/C21H22F3NO2.CH5N/c22-18-13-20(24)19(23)12-17(18)7-6-15-8-10-25(11-9-15)21(26)27-14-16-4-2-1-3-5-16;1-2/h1-5,12-13,15H,6-11,14H2;2H2,1H3. The molecule has 0 aliphatic carbocycles. The third-order valence-corrected chi connectivity index (χ3v) is 4.99. The second-order valence-electron chi connectivity index (χ2n) is 6.87. The first-order valence-corrected chi connectivity index (χ1v) is 9.69. The highest BCUT2D eigenvalue weighted by Crippen LogP contribution is 2.24. The van der Waals surface area contributed by atoms with Gasteiger partial charge in [-0.15, -0.1) is 0 Å². The van der Waals surface area contributed by atoms with Crippen LogP contribution < -0.4 is 5.73 Å². The molecular weight excluding hydrogens is 381 g/mol. The maximum Gasteiger partial charge on any atom is 0.410 e. The first-order chi connectivity index (χ1) is 14.0. The van der Waals surface area contributed by atoms with Gasteiger partial charge in [-0.3, -0.25) is 0 Å². The quantitative estimate of drug-likeness (QED) is 0.732. The lowest BCUT2D eigenvalue weighted by Crippen LogP contribution is -2.38. The monoisotopic (exact) mass is 408 g/mol. The highest BCUT2D eigenvalue weighted by Gasteiger charge is 2.24. The van der Waals surface area contributed by atoms with Crippen LogP contribution in [0, 0.1) is 23.4 Å². The molecule has 1 amide bonds. The van der Waals surface area contributed by atoms with Crippen molar-refractivity contribution in [3.63, 3.8) is 0 Å². The number of nitrogens with zero attached hydrogens (tertiary/aromatic N) is 1. The van der Waals surface area contributed by atoms with Gasteiger partial charge in [-0.1, -0.05) is 30.3 Å². The Morgan fingerprint density at radius 2 is 1.66 bits per heavy atom. The molecule has 3 rings (SSSR count). The summed E-state index contributed by atoms with van der Waals surface area (Å²) in [7, 11) is 1.50. The molecule has 29 heavy (non-hydrogen) atoms. The summed E-state index contributed by atoms with van der Waals surface area (Å²) in [5.41, 5.74) is 5.63. The zero-order chi connectivity index (χ0) is 21.2. The smallest absolute Gasteiger partial charge is 0.410 e. The van der Waals surface area contributed by atoms with Crippen LogP contribution in [0.15, 0.2) is 42.5 Å². The third-order valence-electron chi connectivity index (χ3n) is 4.99. The van der Waals surface area contributed by atoms with Crippen LogP contribution in [0.5, 0.6) is 0 Å². The molecule has 0 atom stereocenters. The van der Waals surface area contributed by atoms with Gasteiger partial charge in [0.15, 0.2) is 11.6 Å². The minimum atomic E-state index is -1.17. The Morgan fingerprint density at radius 1 is 1.03 bits per heavy atom. The number of rotatable bonds is 5. The van der Waals surface area contributed by atoms with E-state index in [0.717, 1.165) is 24.5 Å². The second kappa shape index (κ2) is 11.5. The van der Waals surface area contributed by atoms with Gasteiger partial charge in [0.05, 0.1) is 0 Å². The van der Waals surface area contributed by atoms with Crippen molar-refractivity contribution in [2.24, 2.45) is 11.7 Å². The van der Waals surface area contributed by atoms with Crippen LogP contribution in [0.1, 0.15) is 30.4 Å². The molecule has 0 spiro atoms. The van der Waals surface area contributed by atoms with E-state index in [0.29, 0.717) is 37.9 Å². The molecule has 0 unspecified atom stereocenters. The predicted molar refractivity (Wildman–Crippen MR) is 106 cm³/mol. The molecule has 1 fully saturated rings. The summed E-state index contributed by atoms with van der Waals surface area (Å²) < 4.78 is 45.3. The van der Waals surface area contributed by atoms with E-state index in [4.69, 9.17) is 4.74 Å². The lowest BCUT2D eigenvalue weighted by Gasteiger charge is -2.31. The lowest BCUT2D eigenvalue weighted by atomic mass is 9.90. The number of benzene rings is 2. The number of halogens is 3. The molecule has 1 aliphatic rings. The maximum absolute atomic E-state index is 13.7. The zero-order valence-electron chi connectivity index (χ0n) is 16.5. The van der Waals surface area contributed by atoms with Crippen LogP contribution in [0.4, 0.5) is 18.0 Å². The normalized spacial score (nSPS) is 14.2. The van der Waals surface area contributed by atoms with Gasteiger partial charge in [-0.25, -0.2) is 18.0 Å². The number of likely N-dealkylation sites (tertiary alicyclic amines) is 1. The highest BCUT2D eigenvalue weighted by molar-refractivity contribution is 5.67. The Bertz CT molecular complexity index is 779. The van der Waals surface area contributed by atoms with Crippen LogP contribution in [0.3, 0.4) is 0 Å². The number of piperidine rings is 1. The zero-order valence-corrected chi connectivity index (χ0v) is 16.5. The lowest BCUT2D eigenvalue weighted by molar-refractivity contribution is 0.0815. The van der Waals surface area contributed by atoms with Gasteiger partial charge < -0.3 is 15.4 Å². The molecule has 2 aromatic carbocycles. The topological polar surface area (TPSA) is 55.6 Å². The summed E-state index contributed by atoms with van der Waals surface area (Å²) in [5, 5.41) is 0. The fourth-order valence-electron chi connectivity index (χ4n) is 3.33. The number of amides is 1. The average molecular weight is 408 g/mol. The minimum absolute atomic E-state index is 0.193. The SMILES string of the molecule is CN.O=C(OCc1ccccc1)N1CCC(CCc2cc(F)c(F)cc2F)CC1. The molecule has 1 aliphatic heterocycles. The molecule has 2 N–H and O–H groups in total. The van der Waals surface area contributed by atoms with E-state index in [9.17, 15) is 18.0 Å². The molecule has 158 valence electrons. The Balaban J connectivity index is 0.00000145. The fourth-order valence-corrected chi connectivity index (χ4v) is 3.33. The summed E-state index contributed by atoms with van der Waals surface area (Å²) in [4.78, 5) is 13.8. The number of aryl methyl sites for hydroxylation is 1. The van der Waals surface area contributed by atoms with Gasteiger partial charge >= 0.3 is 6.09 Å². The van der Waals surface area contributed by atoms with Gasteiger partial charge in [-0.2, -0.15) is 0 Å². The molecule has 0 bridgehead atoms. The number of hydrogen-bond acceptors (Lipinski definition) is 3. The van der Waals surface area contributed by atoms with E-state index in [-0.39, 0.29) is 18.3 Å². The van der Waals surface area contributed by atoms with Gasteiger partial charge in [0.1, 0.15) is 12.4 Å². The first-order valence-electron chi connectivity index (χ1n) is 9.69. The fraction of sp³-hybridized carbons (Fsp3) is 0.409. The average Bonchev–Trinajstić information content (AvgIpc) is 2.76. The van der Waals surface area contributed by atoms with E-state index in [2.05, 4.69) is 5.73 Å². The van der Waals surface area contributed by atoms with Crippen LogP contribution in [-0.2, 0) is 17.8 Å². The minimum Gasteiger partial charge on any atom is -0.445 e. The number of ether oxygens (including phenoxy) is 1. The number of carbonyl (C=O) groups excluding carboxylic acids is 1. The summed E-state index contributed by atoms with van der Waals surface area (Å²) in [6.45, 7) is 1.41. The largest absolute Gasteiger partial charge is 0.445 e. The molecule has 0 radical (unpaired) electrons. The van der Waals surface area contributed by atoms with Crippen LogP contribution in [-0.4, -0.2) is 31.1 Å². The third kappa shape index (κ3) is 6.78. The maximum atomic E-state index is 13.7. The summed E-state index contributed by atoms with van der Waals surface area (Å²) >= 11 is 0. The number of carbonyl (C=O) groups is 1. The van der Waals surface area contributed by atoms with Gasteiger partial charge in [-0.05, 0) is 55.8 Å². The molecule has 1 saturated heterocycles. The van der Waals surface area contributed by atoms with Gasteiger partial charge in [0, 0.05) is 19.2 Å². The molecule has 0 saturated carbocycles. The number of nitrogens with two attached hydrogens (primary N) is 1.